The Labute approximate surface area is 97.6 Å². The van der Waals surface area contributed by atoms with E-state index in [1.807, 2.05) is 0 Å². The van der Waals surface area contributed by atoms with Crippen LogP contribution in [0.25, 0.3) is 0 Å². The summed E-state index contributed by atoms with van der Waals surface area (Å²) in [6.45, 7) is 0.444. The number of methoxy groups -OCH3 is 1. The van der Waals surface area contributed by atoms with Crippen molar-refractivity contribution in [3.05, 3.63) is 6.07 Å². The van der Waals surface area contributed by atoms with Gasteiger partial charge >= 0.3 is 0 Å². The molecule has 0 unspecified atom stereocenters. The van der Waals surface area contributed by atoms with E-state index in [4.69, 9.17) is 10.5 Å². The first-order valence-electron chi connectivity index (χ1n) is 5.31. The maximum atomic E-state index is 13.0. The van der Waals surface area contributed by atoms with Gasteiger partial charge in [-0.1, -0.05) is 0 Å². The summed E-state index contributed by atoms with van der Waals surface area (Å²) in [7, 11) is 1.47. The van der Waals surface area contributed by atoms with Crippen molar-refractivity contribution in [1.82, 2.24) is 9.97 Å². The quantitative estimate of drug-likeness (QED) is 0.849. The van der Waals surface area contributed by atoms with Crippen LogP contribution in [-0.2, 0) is 0 Å². The SMILES string of the molecule is COc1cc(N)nc(N2CCC(F)(F)CC2)n1. The molecule has 17 heavy (non-hydrogen) atoms. The molecular formula is C10H14F2N4O. The summed E-state index contributed by atoms with van der Waals surface area (Å²) < 4.78 is 31.0. The molecule has 0 aromatic carbocycles. The van der Waals surface area contributed by atoms with Crippen molar-refractivity contribution in [1.29, 1.82) is 0 Å². The van der Waals surface area contributed by atoms with Crippen LogP contribution in [-0.4, -0.2) is 36.1 Å². The second-order valence-electron chi connectivity index (χ2n) is 3.98. The highest BCUT2D eigenvalue weighted by Crippen LogP contribution is 2.29. The first-order chi connectivity index (χ1) is 8.00. The Balaban J connectivity index is 2.15. The largest absolute Gasteiger partial charge is 0.481 e. The molecular weight excluding hydrogens is 230 g/mol. The van der Waals surface area contributed by atoms with Crippen LogP contribution >= 0.6 is 0 Å². The molecule has 0 radical (unpaired) electrons. The third-order valence-corrected chi connectivity index (χ3v) is 2.70. The van der Waals surface area contributed by atoms with Crippen molar-refractivity contribution in [2.24, 2.45) is 0 Å². The van der Waals surface area contributed by atoms with Gasteiger partial charge < -0.3 is 15.4 Å². The minimum Gasteiger partial charge on any atom is -0.481 e. The van der Waals surface area contributed by atoms with Crippen LogP contribution in [0.15, 0.2) is 6.07 Å². The molecule has 0 spiro atoms. The lowest BCUT2D eigenvalue weighted by Gasteiger charge is -2.31. The fourth-order valence-corrected chi connectivity index (χ4v) is 1.71. The van der Waals surface area contributed by atoms with E-state index in [1.54, 1.807) is 4.90 Å². The zero-order valence-electron chi connectivity index (χ0n) is 9.49. The van der Waals surface area contributed by atoms with Crippen LogP contribution in [0.4, 0.5) is 20.5 Å². The van der Waals surface area contributed by atoms with Gasteiger partial charge in [0.25, 0.3) is 5.92 Å². The summed E-state index contributed by atoms with van der Waals surface area (Å²) in [4.78, 5) is 9.80. The fraction of sp³-hybridized carbons (Fsp3) is 0.600. The number of nitrogen functional groups attached to an aromatic ring is 1. The molecule has 1 aromatic rings. The Morgan fingerprint density at radius 3 is 2.59 bits per heavy atom. The molecule has 0 aliphatic carbocycles. The van der Waals surface area contributed by atoms with E-state index < -0.39 is 5.92 Å². The Morgan fingerprint density at radius 2 is 2.00 bits per heavy atom. The molecule has 0 bridgehead atoms. The smallest absolute Gasteiger partial charge is 0.251 e. The highest BCUT2D eigenvalue weighted by Gasteiger charge is 2.34. The number of halogens is 2. The highest BCUT2D eigenvalue weighted by atomic mass is 19.3. The number of hydrogen-bond acceptors (Lipinski definition) is 5. The molecule has 0 saturated carbocycles. The number of aromatic nitrogens is 2. The van der Waals surface area contributed by atoms with Crippen LogP contribution in [0.3, 0.4) is 0 Å². The number of hydrogen-bond donors (Lipinski definition) is 1. The topological polar surface area (TPSA) is 64.3 Å². The molecule has 5 nitrogen and oxygen atoms in total. The van der Waals surface area contributed by atoms with Gasteiger partial charge in [-0.3, -0.25) is 0 Å². The lowest BCUT2D eigenvalue weighted by molar-refractivity contribution is -0.0222. The summed E-state index contributed by atoms with van der Waals surface area (Å²) in [5.41, 5.74) is 5.59. The van der Waals surface area contributed by atoms with Crippen molar-refractivity contribution >= 4 is 11.8 Å². The van der Waals surface area contributed by atoms with E-state index in [0.717, 1.165) is 0 Å². The molecule has 1 aliphatic rings. The first kappa shape index (κ1) is 11.8. The van der Waals surface area contributed by atoms with Crippen molar-refractivity contribution in [3.8, 4) is 5.88 Å². The van der Waals surface area contributed by atoms with Crippen LogP contribution in [0, 0.1) is 0 Å². The highest BCUT2D eigenvalue weighted by molar-refractivity contribution is 5.43. The van der Waals surface area contributed by atoms with E-state index in [2.05, 4.69) is 9.97 Å². The van der Waals surface area contributed by atoms with E-state index >= 15 is 0 Å². The minimum atomic E-state index is -2.58. The summed E-state index contributed by atoms with van der Waals surface area (Å²) in [6.07, 6.45) is -0.374. The standard InChI is InChI=1S/C10H14F2N4O/c1-17-8-6-7(13)14-9(15-8)16-4-2-10(11,12)3-5-16/h6H,2-5H2,1H3,(H2,13,14,15). The Hall–Kier alpha value is -1.66. The van der Waals surface area contributed by atoms with Gasteiger partial charge in [-0.15, -0.1) is 0 Å². The zero-order chi connectivity index (χ0) is 12.5. The number of nitrogens with two attached hydrogens (primary N) is 1. The predicted octanol–water partition coefficient (Wildman–Crippen LogP) is 1.30. The molecule has 1 aromatic heterocycles. The molecule has 0 amide bonds. The third kappa shape index (κ3) is 2.72. The minimum absolute atomic E-state index is 0.187. The van der Waals surface area contributed by atoms with Crippen molar-refractivity contribution < 1.29 is 13.5 Å². The summed E-state index contributed by atoms with van der Waals surface area (Å²) in [5, 5.41) is 0. The van der Waals surface area contributed by atoms with Gasteiger partial charge in [0.1, 0.15) is 5.82 Å². The predicted molar refractivity (Wildman–Crippen MR) is 59.4 cm³/mol. The summed E-state index contributed by atoms with van der Waals surface area (Å²) in [5.74, 6) is -1.63. The molecule has 1 fully saturated rings. The molecule has 7 heteroatoms. The van der Waals surface area contributed by atoms with Crippen LogP contribution < -0.4 is 15.4 Å². The van der Waals surface area contributed by atoms with Gasteiger partial charge in [0.05, 0.1) is 7.11 Å². The average molecular weight is 244 g/mol. The van der Waals surface area contributed by atoms with Gasteiger partial charge in [0.2, 0.25) is 11.8 Å². The normalized spacial score (nSPS) is 19.1. The Morgan fingerprint density at radius 1 is 1.35 bits per heavy atom. The molecule has 94 valence electrons. The van der Waals surface area contributed by atoms with Crippen molar-refractivity contribution in [2.75, 3.05) is 30.8 Å². The molecule has 2 rings (SSSR count). The fourth-order valence-electron chi connectivity index (χ4n) is 1.71. The number of anilines is 2. The summed E-state index contributed by atoms with van der Waals surface area (Å²) in [6, 6.07) is 1.49. The third-order valence-electron chi connectivity index (χ3n) is 2.70. The van der Waals surface area contributed by atoms with E-state index in [1.165, 1.54) is 13.2 Å². The lowest BCUT2D eigenvalue weighted by atomic mass is 10.1. The van der Waals surface area contributed by atoms with Crippen LogP contribution in [0.2, 0.25) is 0 Å². The second-order valence-corrected chi connectivity index (χ2v) is 3.98. The van der Waals surface area contributed by atoms with Crippen molar-refractivity contribution in [3.63, 3.8) is 0 Å². The number of nitrogens with zero attached hydrogens (tertiary/aromatic N) is 3. The van der Waals surface area contributed by atoms with Gasteiger partial charge in [0.15, 0.2) is 0 Å². The molecule has 2 N–H and O–H groups in total. The monoisotopic (exact) mass is 244 g/mol. The number of ether oxygens (including phenoxy) is 1. The summed E-state index contributed by atoms with van der Waals surface area (Å²) >= 11 is 0. The maximum Gasteiger partial charge on any atom is 0.251 e. The number of piperidine rings is 1. The van der Waals surface area contributed by atoms with Crippen molar-refractivity contribution in [2.45, 2.75) is 18.8 Å². The van der Waals surface area contributed by atoms with Crippen LogP contribution in [0.5, 0.6) is 5.88 Å². The van der Waals surface area contributed by atoms with Gasteiger partial charge in [-0.2, -0.15) is 9.97 Å². The van der Waals surface area contributed by atoms with E-state index in [0.29, 0.717) is 11.8 Å². The van der Waals surface area contributed by atoms with E-state index in [-0.39, 0.29) is 31.7 Å². The number of rotatable bonds is 2. The zero-order valence-corrected chi connectivity index (χ0v) is 9.49. The Kier molecular flexibility index (Phi) is 2.99. The molecule has 0 atom stereocenters. The van der Waals surface area contributed by atoms with Gasteiger partial charge in [-0.25, -0.2) is 8.78 Å². The average Bonchev–Trinajstić information content (AvgIpc) is 2.28. The molecule has 1 aliphatic heterocycles. The molecule has 1 saturated heterocycles. The first-order valence-corrected chi connectivity index (χ1v) is 5.31. The van der Waals surface area contributed by atoms with E-state index in [9.17, 15) is 8.78 Å². The van der Waals surface area contributed by atoms with Gasteiger partial charge in [-0.05, 0) is 0 Å². The maximum absolute atomic E-state index is 13.0. The lowest BCUT2D eigenvalue weighted by Crippen LogP contribution is -2.40. The molecule has 2 heterocycles. The Bertz CT molecular complexity index is 403. The second kappa shape index (κ2) is 4.31. The van der Waals surface area contributed by atoms with Crippen LogP contribution in [0.1, 0.15) is 12.8 Å². The number of alkyl halides is 2. The van der Waals surface area contributed by atoms with Gasteiger partial charge in [0, 0.05) is 32.0 Å².